The Bertz CT molecular complexity index is 642. The highest BCUT2D eigenvalue weighted by molar-refractivity contribution is 7.12. The van der Waals surface area contributed by atoms with Crippen LogP contribution in [0.5, 0.6) is 0 Å². The lowest BCUT2D eigenvalue weighted by molar-refractivity contribution is -0.124. The summed E-state index contributed by atoms with van der Waals surface area (Å²) in [6, 6.07) is 15.7. The Hall–Kier alpha value is -2.12. The highest BCUT2D eigenvalue weighted by Crippen LogP contribution is 2.22. The van der Waals surface area contributed by atoms with E-state index >= 15 is 0 Å². The number of rotatable bonds is 5. The lowest BCUT2D eigenvalue weighted by Gasteiger charge is -2.15. The number of carbonyl (C=O) groups is 1. The second-order valence-corrected chi connectivity index (χ2v) is 6.37. The molecule has 0 aliphatic rings. The molecule has 0 saturated carbocycles. The molecule has 1 amide bonds. The van der Waals surface area contributed by atoms with E-state index in [2.05, 4.69) is 11.4 Å². The summed E-state index contributed by atoms with van der Waals surface area (Å²) in [4.78, 5) is 14.6. The molecule has 1 aromatic heterocycles. The number of hydrogen-bond acceptors (Lipinski definition) is 3. The van der Waals surface area contributed by atoms with Crippen molar-refractivity contribution in [2.45, 2.75) is 26.3 Å². The SMILES string of the molecule is Cc1ccc(C(C)NC(=O)C(C#N)Cc2ccccc2)s1. The van der Waals surface area contributed by atoms with Crippen molar-refractivity contribution in [1.29, 1.82) is 5.26 Å². The van der Waals surface area contributed by atoms with Crippen molar-refractivity contribution >= 4 is 17.2 Å². The van der Waals surface area contributed by atoms with Crippen molar-refractivity contribution in [3.05, 3.63) is 57.8 Å². The van der Waals surface area contributed by atoms with Crippen LogP contribution in [0.3, 0.4) is 0 Å². The molecule has 21 heavy (non-hydrogen) atoms. The fraction of sp³-hybridized carbons (Fsp3) is 0.294. The van der Waals surface area contributed by atoms with Gasteiger partial charge < -0.3 is 5.32 Å². The molecule has 108 valence electrons. The van der Waals surface area contributed by atoms with Crippen LogP contribution in [-0.4, -0.2) is 5.91 Å². The second kappa shape index (κ2) is 7.05. The summed E-state index contributed by atoms with van der Waals surface area (Å²) in [5, 5.41) is 12.2. The monoisotopic (exact) mass is 298 g/mol. The van der Waals surface area contributed by atoms with Crippen LogP contribution in [0.1, 0.15) is 28.3 Å². The van der Waals surface area contributed by atoms with Crippen molar-refractivity contribution in [3.63, 3.8) is 0 Å². The standard InChI is InChI=1S/C17H18N2OS/c1-12-8-9-16(21-12)13(2)19-17(20)15(11-18)10-14-6-4-3-5-7-14/h3-9,13,15H,10H2,1-2H3,(H,19,20). The highest BCUT2D eigenvalue weighted by Gasteiger charge is 2.21. The van der Waals surface area contributed by atoms with E-state index in [1.807, 2.05) is 56.3 Å². The minimum Gasteiger partial charge on any atom is -0.348 e. The van der Waals surface area contributed by atoms with E-state index < -0.39 is 5.92 Å². The Morgan fingerprint density at radius 3 is 2.57 bits per heavy atom. The molecule has 0 bridgehead atoms. The highest BCUT2D eigenvalue weighted by atomic mass is 32.1. The van der Waals surface area contributed by atoms with Gasteiger partial charge in [0, 0.05) is 9.75 Å². The van der Waals surface area contributed by atoms with Gasteiger partial charge in [0.25, 0.3) is 0 Å². The van der Waals surface area contributed by atoms with Crippen LogP contribution in [0.15, 0.2) is 42.5 Å². The lowest BCUT2D eigenvalue weighted by atomic mass is 9.99. The summed E-state index contributed by atoms with van der Waals surface area (Å²) in [6.07, 6.45) is 0.444. The van der Waals surface area contributed by atoms with Gasteiger partial charge in [-0.15, -0.1) is 11.3 Å². The van der Waals surface area contributed by atoms with Gasteiger partial charge in [-0.2, -0.15) is 5.26 Å². The average Bonchev–Trinajstić information content (AvgIpc) is 2.92. The Kier molecular flexibility index (Phi) is 5.13. The summed E-state index contributed by atoms with van der Waals surface area (Å²) < 4.78 is 0. The van der Waals surface area contributed by atoms with Crippen LogP contribution in [0, 0.1) is 24.2 Å². The van der Waals surface area contributed by atoms with E-state index in [4.69, 9.17) is 0 Å². The summed E-state index contributed by atoms with van der Waals surface area (Å²) in [5.74, 6) is -0.865. The normalized spacial score (nSPS) is 13.2. The maximum Gasteiger partial charge on any atom is 0.238 e. The van der Waals surface area contributed by atoms with Gasteiger partial charge in [0.05, 0.1) is 12.1 Å². The molecule has 2 atom stereocenters. The summed E-state index contributed by atoms with van der Waals surface area (Å²) in [6.45, 7) is 3.98. The number of nitrogens with one attached hydrogen (secondary N) is 1. The van der Waals surface area contributed by atoms with Gasteiger partial charge in [0.2, 0.25) is 5.91 Å². The number of nitrogens with zero attached hydrogens (tertiary/aromatic N) is 1. The van der Waals surface area contributed by atoms with Gasteiger partial charge in [0.1, 0.15) is 5.92 Å². The van der Waals surface area contributed by atoms with E-state index in [0.717, 1.165) is 10.4 Å². The molecule has 0 aliphatic heterocycles. The summed E-state index contributed by atoms with van der Waals surface area (Å²) in [5.41, 5.74) is 0.999. The molecule has 1 heterocycles. The van der Waals surface area contributed by atoms with Crippen LogP contribution in [0.4, 0.5) is 0 Å². The number of hydrogen-bond donors (Lipinski definition) is 1. The largest absolute Gasteiger partial charge is 0.348 e. The number of benzene rings is 1. The Morgan fingerprint density at radius 1 is 1.29 bits per heavy atom. The Morgan fingerprint density at radius 2 is 2.00 bits per heavy atom. The molecule has 1 N–H and O–H groups in total. The van der Waals surface area contributed by atoms with E-state index in [1.165, 1.54) is 4.88 Å². The Balaban J connectivity index is 1.99. The molecule has 2 rings (SSSR count). The van der Waals surface area contributed by atoms with Crippen LogP contribution in [-0.2, 0) is 11.2 Å². The number of thiophene rings is 1. The van der Waals surface area contributed by atoms with Crippen LogP contribution < -0.4 is 5.32 Å². The molecule has 2 unspecified atom stereocenters. The minimum absolute atomic E-state index is 0.0668. The zero-order valence-corrected chi connectivity index (χ0v) is 13.0. The third-order valence-corrected chi connectivity index (χ3v) is 4.49. The second-order valence-electron chi connectivity index (χ2n) is 5.05. The first-order chi connectivity index (χ1) is 10.1. The fourth-order valence-electron chi connectivity index (χ4n) is 2.12. The topological polar surface area (TPSA) is 52.9 Å². The smallest absolute Gasteiger partial charge is 0.238 e. The maximum absolute atomic E-state index is 12.2. The minimum atomic E-state index is -0.657. The van der Waals surface area contributed by atoms with E-state index in [1.54, 1.807) is 11.3 Å². The van der Waals surface area contributed by atoms with Gasteiger partial charge >= 0.3 is 0 Å². The van der Waals surface area contributed by atoms with E-state index in [9.17, 15) is 10.1 Å². The first kappa shape index (κ1) is 15.3. The number of amides is 1. The Labute approximate surface area is 129 Å². The molecule has 4 heteroatoms. The molecule has 0 saturated heterocycles. The van der Waals surface area contributed by atoms with E-state index in [-0.39, 0.29) is 11.9 Å². The molecule has 0 aliphatic carbocycles. The van der Waals surface area contributed by atoms with Gasteiger partial charge in [0.15, 0.2) is 0 Å². The van der Waals surface area contributed by atoms with E-state index in [0.29, 0.717) is 6.42 Å². The maximum atomic E-state index is 12.2. The van der Waals surface area contributed by atoms with Crippen LogP contribution >= 0.6 is 11.3 Å². The number of nitriles is 1. The van der Waals surface area contributed by atoms with Gasteiger partial charge in [-0.25, -0.2) is 0 Å². The molecule has 1 aromatic carbocycles. The predicted molar refractivity (Wildman–Crippen MR) is 84.9 cm³/mol. The first-order valence-electron chi connectivity index (χ1n) is 6.90. The third-order valence-electron chi connectivity index (χ3n) is 3.30. The molecule has 3 nitrogen and oxygen atoms in total. The van der Waals surface area contributed by atoms with Crippen molar-refractivity contribution in [2.24, 2.45) is 5.92 Å². The molecular formula is C17H18N2OS. The van der Waals surface area contributed by atoms with Gasteiger partial charge in [-0.3, -0.25) is 4.79 Å². The first-order valence-corrected chi connectivity index (χ1v) is 7.72. The lowest BCUT2D eigenvalue weighted by Crippen LogP contribution is -2.32. The molecule has 0 spiro atoms. The number of aryl methyl sites for hydroxylation is 1. The molecule has 2 aromatic rings. The van der Waals surface area contributed by atoms with Crippen molar-refractivity contribution in [1.82, 2.24) is 5.32 Å². The van der Waals surface area contributed by atoms with Crippen LogP contribution in [0.25, 0.3) is 0 Å². The third kappa shape index (κ3) is 4.17. The van der Waals surface area contributed by atoms with Crippen molar-refractivity contribution in [2.75, 3.05) is 0 Å². The molecule has 0 radical (unpaired) electrons. The molecule has 0 fully saturated rings. The van der Waals surface area contributed by atoms with Gasteiger partial charge in [-0.1, -0.05) is 30.3 Å². The fourth-order valence-corrected chi connectivity index (χ4v) is 3.00. The average molecular weight is 298 g/mol. The predicted octanol–water partition coefficient (Wildman–Crippen LogP) is 3.62. The summed E-state index contributed by atoms with van der Waals surface area (Å²) >= 11 is 1.66. The zero-order chi connectivity index (χ0) is 15.2. The van der Waals surface area contributed by atoms with Gasteiger partial charge in [-0.05, 0) is 38.0 Å². The van der Waals surface area contributed by atoms with Crippen LogP contribution in [0.2, 0.25) is 0 Å². The quantitative estimate of drug-likeness (QED) is 0.916. The zero-order valence-electron chi connectivity index (χ0n) is 12.2. The van der Waals surface area contributed by atoms with Crippen molar-refractivity contribution < 1.29 is 4.79 Å². The molecular weight excluding hydrogens is 280 g/mol. The summed E-state index contributed by atoms with van der Waals surface area (Å²) in [7, 11) is 0. The van der Waals surface area contributed by atoms with Crippen molar-refractivity contribution in [3.8, 4) is 6.07 Å². The number of carbonyl (C=O) groups excluding carboxylic acids is 1.